The molecule has 1 fully saturated rings. The third kappa shape index (κ3) is 4.56. The fourth-order valence-corrected chi connectivity index (χ4v) is 3.29. The van der Waals surface area contributed by atoms with Crippen LogP contribution in [0.2, 0.25) is 0 Å². The number of aromatic nitrogens is 1. The van der Waals surface area contributed by atoms with Gasteiger partial charge >= 0.3 is 0 Å². The van der Waals surface area contributed by atoms with Gasteiger partial charge in [0.2, 0.25) is 0 Å². The van der Waals surface area contributed by atoms with Gasteiger partial charge in [0.25, 0.3) is 0 Å². The number of aliphatic hydroxyl groups is 1. The van der Waals surface area contributed by atoms with E-state index in [0.717, 1.165) is 43.7 Å². The van der Waals surface area contributed by atoms with Gasteiger partial charge in [-0.2, -0.15) is 0 Å². The molecule has 2 aromatic rings. The van der Waals surface area contributed by atoms with Crippen molar-refractivity contribution in [2.24, 2.45) is 0 Å². The molecule has 0 unspecified atom stereocenters. The Morgan fingerprint density at radius 3 is 2.92 bits per heavy atom. The van der Waals surface area contributed by atoms with Crippen LogP contribution in [-0.4, -0.2) is 34.9 Å². The zero-order valence-electron chi connectivity index (χ0n) is 14.2. The molecule has 1 saturated carbocycles. The first-order valence-electron chi connectivity index (χ1n) is 8.77. The van der Waals surface area contributed by atoms with Crippen molar-refractivity contribution in [2.75, 3.05) is 6.54 Å². The average Bonchev–Trinajstić information content (AvgIpc) is 2.59. The summed E-state index contributed by atoms with van der Waals surface area (Å²) in [5, 5.41) is 14.1. The topological polar surface area (TPSA) is 54.4 Å². The standard InChI is InChI=1S/C20H26N2O2/c1-15-6-4-8-17(14-15)24-19-10-5-9-18(20(19)23)22-13-11-16-7-2-3-12-21-16/h2-4,6-8,12,14,18-20,22-23H,5,9-11,13H2,1H3/t18-,19+,20+/m0/s1. The first kappa shape index (κ1) is 16.9. The van der Waals surface area contributed by atoms with E-state index in [1.54, 1.807) is 0 Å². The first-order chi connectivity index (χ1) is 11.7. The van der Waals surface area contributed by atoms with Crippen LogP contribution in [0.15, 0.2) is 48.7 Å². The summed E-state index contributed by atoms with van der Waals surface area (Å²) in [4.78, 5) is 4.33. The third-order valence-electron chi connectivity index (χ3n) is 4.59. The monoisotopic (exact) mass is 326 g/mol. The molecule has 3 rings (SSSR count). The van der Waals surface area contributed by atoms with Gasteiger partial charge in [-0.05, 0) is 56.0 Å². The summed E-state index contributed by atoms with van der Waals surface area (Å²) in [6.07, 6.45) is 5.00. The number of aliphatic hydroxyl groups excluding tert-OH is 1. The molecule has 1 aliphatic rings. The number of ether oxygens (including phenoxy) is 1. The Hall–Kier alpha value is -1.91. The van der Waals surface area contributed by atoms with Crippen LogP contribution in [0, 0.1) is 6.92 Å². The largest absolute Gasteiger partial charge is 0.488 e. The van der Waals surface area contributed by atoms with Gasteiger partial charge in [-0.25, -0.2) is 0 Å². The predicted octanol–water partition coefficient (Wildman–Crippen LogP) is 2.88. The van der Waals surface area contributed by atoms with Crippen LogP contribution in [0.3, 0.4) is 0 Å². The smallest absolute Gasteiger partial charge is 0.126 e. The Morgan fingerprint density at radius 1 is 1.21 bits per heavy atom. The summed E-state index contributed by atoms with van der Waals surface area (Å²) in [5.41, 5.74) is 2.24. The fourth-order valence-electron chi connectivity index (χ4n) is 3.29. The van der Waals surface area contributed by atoms with Crippen LogP contribution in [-0.2, 0) is 6.42 Å². The summed E-state index contributed by atoms with van der Waals surface area (Å²) in [7, 11) is 0. The second-order valence-electron chi connectivity index (χ2n) is 6.53. The van der Waals surface area contributed by atoms with Gasteiger partial charge in [0, 0.05) is 30.9 Å². The molecule has 128 valence electrons. The van der Waals surface area contributed by atoms with Crippen molar-refractivity contribution in [3.63, 3.8) is 0 Å². The molecule has 0 radical (unpaired) electrons. The zero-order chi connectivity index (χ0) is 16.8. The highest BCUT2D eigenvalue weighted by Crippen LogP contribution is 2.25. The lowest BCUT2D eigenvalue weighted by atomic mass is 9.89. The van der Waals surface area contributed by atoms with Gasteiger partial charge in [0.15, 0.2) is 0 Å². The van der Waals surface area contributed by atoms with Crippen molar-refractivity contribution in [3.05, 3.63) is 59.9 Å². The number of rotatable bonds is 6. The van der Waals surface area contributed by atoms with E-state index in [0.29, 0.717) is 0 Å². The quantitative estimate of drug-likeness (QED) is 0.857. The predicted molar refractivity (Wildman–Crippen MR) is 95.2 cm³/mol. The van der Waals surface area contributed by atoms with E-state index in [2.05, 4.69) is 10.3 Å². The summed E-state index contributed by atoms with van der Waals surface area (Å²) in [6.45, 7) is 2.86. The molecule has 0 amide bonds. The van der Waals surface area contributed by atoms with Crippen LogP contribution < -0.4 is 10.1 Å². The van der Waals surface area contributed by atoms with E-state index in [1.807, 2.05) is 55.6 Å². The van der Waals surface area contributed by atoms with Gasteiger partial charge in [-0.3, -0.25) is 4.98 Å². The van der Waals surface area contributed by atoms with Gasteiger partial charge < -0.3 is 15.2 Å². The maximum Gasteiger partial charge on any atom is 0.126 e. The van der Waals surface area contributed by atoms with Crippen molar-refractivity contribution < 1.29 is 9.84 Å². The van der Waals surface area contributed by atoms with Crippen LogP contribution in [0.5, 0.6) is 5.75 Å². The van der Waals surface area contributed by atoms with Crippen LogP contribution in [0.4, 0.5) is 0 Å². The van der Waals surface area contributed by atoms with Gasteiger partial charge in [0.05, 0.1) is 0 Å². The maximum absolute atomic E-state index is 10.7. The minimum atomic E-state index is -0.483. The first-order valence-corrected chi connectivity index (χ1v) is 8.77. The molecule has 0 bridgehead atoms. The Kier molecular flexibility index (Phi) is 5.83. The second-order valence-corrected chi connectivity index (χ2v) is 6.53. The van der Waals surface area contributed by atoms with Gasteiger partial charge in [0.1, 0.15) is 18.0 Å². The average molecular weight is 326 g/mol. The lowest BCUT2D eigenvalue weighted by Crippen LogP contribution is -2.51. The van der Waals surface area contributed by atoms with Crippen molar-refractivity contribution >= 4 is 0 Å². The fraction of sp³-hybridized carbons (Fsp3) is 0.450. The third-order valence-corrected chi connectivity index (χ3v) is 4.59. The van der Waals surface area contributed by atoms with E-state index >= 15 is 0 Å². The number of benzene rings is 1. The van der Waals surface area contributed by atoms with Crippen molar-refractivity contribution in [3.8, 4) is 5.75 Å². The highest BCUT2D eigenvalue weighted by Gasteiger charge is 2.32. The number of pyridine rings is 1. The molecule has 1 aromatic carbocycles. The molecular weight excluding hydrogens is 300 g/mol. The summed E-state index contributed by atoms with van der Waals surface area (Å²) in [5.74, 6) is 0.841. The molecule has 4 heteroatoms. The van der Waals surface area contributed by atoms with E-state index in [9.17, 15) is 5.11 Å². The molecule has 0 saturated heterocycles. The summed E-state index contributed by atoms with van der Waals surface area (Å²) >= 11 is 0. The second kappa shape index (κ2) is 8.27. The number of aryl methyl sites for hydroxylation is 1. The van der Waals surface area contributed by atoms with E-state index < -0.39 is 6.10 Å². The molecule has 1 heterocycles. The molecule has 3 atom stereocenters. The molecule has 1 aliphatic carbocycles. The highest BCUT2D eigenvalue weighted by atomic mass is 16.5. The van der Waals surface area contributed by atoms with Crippen molar-refractivity contribution in [1.82, 2.24) is 10.3 Å². The van der Waals surface area contributed by atoms with Crippen molar-refractivity contribution in [2.45, 2.75) is 50.9 Å². The number of hydrogen-bond acceptors (Lipinski definition) is 4. The Bertz CT molecular complexity index is 633. The minimum Gasteiger partial charge on any atom is -0.488 e. The van der Waals surface area contributed by atoms with E-state index in [1.165, 1.54) is 5.56 Å². The SMILES string of the molecule is Cc1cccc(O[C@@H]2CCC[C@H](NCCc3ccccn3)[C@H]2O)c1. The van der Waals surface area contributed by atoms with Gasteiger partial charge in [-0.15, -0.1) is 0 Å². The van der Waals surface area contributed by atoms with Crippen LogP contribution in [0.1, 0.15) is 30.5 Å². The Labute approximate surface area is 143 Å². The van der Waals surface area contributed by atoms with E-state index in [4.69, 9.17) is 4.74 Å². The number of nitrogens with one attached hydrogen (secondary N) is 1. The summed E-state index contributed by atoms with van der Waals surface area (Å²) < 4.78 is 6.04. The van der Waals surface area contributed by atoms with Crippen LogP contribution in [0.25, 0.3) is 0 Å². The lowest BCUT2D eigenvalue weighted by Gasteiger charge is -2.35. The normalized spacial score (nSPS) is 23.8. The number of nitrogens with zero attached hydrogens (tertiary/aromatic N) is 1. The molecule has 1 aromatic heterocycles. The minimum absolute atomic E-state index is 0.0808. The zero-order valence-corrected chi connectivity index (χ0v) is 14.2. The molecule has 24 heavy (non-hydrogen) atoms. The molecule has 4 nitrogen and oxygen atoms in total. The van der Waals surface area contributed by atoms with Crippen LogP contribution >= 0.6 is 0 Å². The molecule has 2 N–H and O–H groups in total. The number of hydrogen-bond donors (Lipinski definition) is 2. The lowest BCUT2D eigenvalue weighted by molar-refractivity contribution is -0.0151. The maximum atomic E-state index is 10.7. The van der Waals surface area contributed by atoms with E-state index in [-0.39, 0.29) is 12.1 Å². The highest BCUT2D eigenvalue weighted by molar-refractivity contribution is 5.27. The van der Waals surface area contributed by atoms with Gasteiger partial charge in [-0.1, -0.05) is 18.2 Å². The Balaban J connectivity index is 1.51. The Morgan fingerprint density at radius 2 is 2.12 bits per heavy atom. The van der Waals surface area contributed by atoms with Crippen molar-refractivity contribution in [1.29, 1.82) is 0 Å². The summed E-state index contributed by atoms with van der Waals surface area (Å²) in [6, 6.07) is 14.1. The molecule has 0 spiro atoms. The molecular formula is C20H26N2O2. The molecule has 0 aliphatic heterocycles.